The topological polar surface area (TPSA) is 160 Å². The zero-order valence-corrected chi connectivity index (χ0v) is 35.2. The molecule has 0 aromatic heterocycles. The van der Waals surface area contributed by atoms with Crippen LogP contribution in [0.25, 0.3) is 18.2 Å². The van der Waals surface area contributed by atoms with Crippen LogP contribution in [-0.2, 0) is 28.6 Å². The molecule has 308 valence electrons. The molecule has 0 atom stereocenters. The highest BCUT2D eigenvalue weighted by molar-refractivity contribution is 5.99. The smallest absolute Gasteiger partial charge is 0.348 e. The van der Waals surface area contributed by atoms with E-state index in [-0.39, 0.29) is 16.7 Å². The fraction of sp³-hybridized carbons (Fsp3) is 0.362. The molecular formula is C47H54N6O6. The molecule has 3 aromatic carbocycles. The van der Waals surface area contributed by atoms with Gasteiger partial charge in [0.2, 0.25) is 0 Å². The first-order valence-electron chi connectivity index (χ1n) is 19.8. The summed E-state index contributed by atoms with van der Waals surface area (Å²) in [5.74, 6) is -2.83. The van der Waals surface area contributed by atoms with Crippen LogP contribution in [0.3, 0.4) is 0 Å². The van der Waals surface area contributed by atoms with Gasteiger partial charge in [0.05, 0.1) is 5.41 Å². The Morgan fingerprint density at radius 1 is 0.475 bits per heavy atom. The van der Waals surface area contributed by atoms with E-state index in [1.54, 1.807) is 43.3 Å². The minimum Gasteiger partial charge on any atom is -0.461 e. The summed E-state index contributed by atoms with van der Waals surface area (Å²) in [5, 5.41) is 29.6. The number of nitriles is 3. The van der Waals surface area contributed by atoms with Crippen molar-refractivity contribution in [3.63, 3.8) is 0 Å². The lowest BCUT2D eigenvalue weighted by atomic mass is 9.94. The Labute approximate surface area is 348 Å². The number of hydrogen-bond acceptors (Lipinski definition) is 12. The summed E-state index contributed by atoms with van der Waals surface area (Å²) in [6.45, 7) is 17.4. The number of nitrogens with zero attached hydrogens (tertiary/aromatic N) is 6. The van der Waals surface area contributed by atoms with Crippen LogP contribution in [0.4, 0.5) is 17.1 Å². The second kappa shape index (κ2) is 23.4. The lowest BCUT2D eigenvalue weighted by Crippen LogP contribution is -2.37. The van der Waals surface area contributed by atoms with E-state index in [0.29, 0.717) is 16.7 Å². The maximum atomic E-state index is 13.2. The van der Waals surface area contributed by atoms with E-state index < -0.39 is 43.1 Å². The van der Waals surface area contributed by atoms with Gasteiger partial charge >= 0.3 is 17.9 Å². The van der Waals surface area contributed by atoms with E-state index >= 15 is 0 Å². The fourth-order valence-electron chi connectivity index (χ4n) is 6.10. The van der Waals surface area contributed by atoms with Crippen LogP contribution >= 0.6 is 0 Å². The van der Waals surface area contributed by atoms with Crippen LogP contribution in [-0.4, -0.2) is 77.0 Å². The number of benzene rings is 3. The quantitative estimate of drug-likeness (QED) is 0.0443. The van der Waals surface area contributed by atoms with E-state index in [9.17, 15) is 30.2 Å². The second-order valence-corrected chi connectivity index (χ2v) is 13.8. The Kier molecular flexibility index (Phi) is 18.5. The number of carbonyl (C=O) groups excluding carboxylic acids is 3. The van der Waals surface area contributed by atoms with Gasteiger partial charge in [-0.3, -0.25) is 0 Å². The molecule has 0 aliphatic carbocycles. The third kappa shape index (κ3) is 13.7. The number of rotatable bonds is 21. The summed E-state index contributed by atoms with van der Waals surface area (Å²) in [4.78, 5) is 46.2. The summed E-state index contributed by atoms with van der Waals surface area (Å²) >= 11 is 0. The van der Waals surface area contributed by atoms with Crippen LogP contribution in [0.2, 0.25) is 0 Å². The zero-order valence-electron chi connectivity index (χ0n) is 35.2. The van der Waals surface area contributed by atoms with Crippen LogP contribution in [0.1, 0.15) is 65.2 Å². The molecule has 0 aliphatic heterocycles. The molecule has 0 unspecified atom stereocenters. The summed E-state index contributed by atoms with van der Waals surface area (Å²) in [5.41, 5.74) is 2.62. The van der Waals surface area contributed by atoms with E-state index in [1.165, 1.54) is 18.2 Å². The van der Waals surface area contributed by atoms with Crippen molar-refractivity contribution in [3.8, 4) is 18.2 Å². The van der Waals surface area contributed by atoms with Gasteiger partial charge in [-0.15, -0.1) is 0 Å². The van der Waals surface area contributed by atoms with Gasteiger partial charge in [-0.1, -0.05) is 36.4 Å². The average molecular weight is 799 g/mol. The fourth-order valence-corrected chi connectivity index (χ4v) is 6.10. The summed E-state index contributed by atoms with van der Waals surface area (Å²) in [7, 11) is 0. The van der Waals surface area contributed by atoms with Crippen molar-refractivity contribution in [1.29, 1.82) is 15.8 Å². The molecule has 0 aliphatic rings. The summed E-state index contributed by atoms with van der Waals surface area (Å²) in [6.07, 6.45) is 4.22. The lowest BCUT2D eigenvalue weighted by Gasteiger charge is -2.28. The standard InChI is InChI=1S/C47H54N6O6/c1-8-51(9-2)41-20-14-35(15-21-41)26-38(29-48)44(54)57-32-47(7,33-58-45(55)39(30-49)27-36-16-22-42(23-17-36)52(10-3)11-4)34-59-46(56)40(31-50)28-37-18-24-43(25-19-37)53(12-5)13-6/h14-28H,8-13,32-34H2,1-7H3/b38-26+,39-27+,40-28+. The van der Waals surface area contributed by atoms with Crippen molar-refractivity contribution >= 4 is 53.2 Å². The van der Waals surface area contributed by atoms with Crippen molar-refractivity contribution in [3.05, 3.63) is 106 Å². The van der Waals surface area contributed by atoms with Crippen LogP contribution in [0.5, 0.6) is 0 Å². The Bertz CT molecular complexity index is 1850. The Morgan fingerprint density at radius 3 is 0.881 bits per heavy atom. The Hall–Kier alpha value is -6.84. The van der Waals surface area contributed by atoms with Crippen LogP contribution in [0, 0.1) is 39.4 Å². The largest absolute Gasteiger partial charge is 0.461 e. The molecule has 0 N–H and O–H groups in total. The molecule has 12 heteroatoms. The average Bonchev–Trinajstić information content (AvgIpc) is 3.26. The SMILES string of the molecule is CCN(CC)c1ccc(/C=C(\C#N)C(=O)OCC(C)(COC(=O)/C(C#N)=C/c2ccc(N(CC)CC)cc2)COC(=O)/C(C#N)=C/c2ccc(N(CC)CC)cc2)cc1. The minimum atomic E-state index is -1.37. The van der Waals surface area contributed by atoms with Crippen molar-refractivity contribution < 1.29 is 28.6 Å². The first-order chi connectivity index (χ1) is 28.4. The van der Waals surface area contributed by atoms with Crippen molar-refractivity contribution in [2.45, 2.75) is 48.5 Å². The highest BCUT2D eigenvalue weighted by Crippen LogP contribution is 2.24. The van der Waals surface area contributed by atoms with Crippen molar-refractivity contribution in [2.24, 2.45) is 5.41 Å². The van der Waals surface area contributed by atoms with Gasteiger partial charge in [-0.25, -0.2) is 14.4 Å². The van der Waals surface area contributed by atoms with Gasteiger partial charge in [-0.2, -0.15) is 15.8 Å². The predicted molar refractivity (Wildman–Crippen MR) is 232 cm³/mol. The summed E-state index contributed by atoms with van der Waals surface area (Å²) in [6, 6.07) is 27.8. The van der Waals surface area contributed by atoms with Gasteiger partial charge in [0, 0.05) is 56.3 Å². The van der Waals surface area contributed by atoms with E-state index in [2.05, 4.69) is 56.2 Å². The molecule has 0 fully saturated rings. The van der Waals surface area contributed by atoms with Crippen molar-refractivity contribution in [1.82, 2.24) is 0 Å². The van der Waals surface area contributed by atoms with Gasteiger partial charge in [0.15, 0.2) is 0 Å². The molecule has 0 saturated carbocycles. The molecule has 59 heavy (non-hydrogen) atoms. The number of carbonyl (C=O) groups is 3. The van der Waals surface area contributed by atoms with Crippen LogP contribution in [0.15, 0.2) is 89.5 Å². The molecule has 0 heterocycles. The lowest BCUT2D eigenvalue weighted by molar-refractivity contribution is -0.155. The number of ether oxygens (including phenoxy) is 3. The molecular weight excluding hydrogens is 745 g/mol. The van der Waals surface area contributed by atoms with Gasteiger partial charge in [0.25, 0.3) is 0 Å². The minimum absolute atomic E-state index is 0.277. The molecule has 0 radical (unpaired) electrons. The third-order valence-electron chi connectivity index (χ3n) is 9.67. The molecule has 3 aromatic rings. The maximum Gasteiger partial charge on any atom is 0.348 e. The number of esters is 3. The molecule has 0 spiro atoms. The normalized spacial score (nSPS) is 11.7. The summed E-state index contributed by atoms with van der Waals surface area (Å²) < 4.78 is 16.7. The Morgan fingerprint density at radius 2 is 0.695 bits per heavy atom. The predicted octanol–water partition coefficient (Wildman–Crippen LogP) is 7.98. The maximum absolute atomic E-state index is 13.2. The molecule has 0 saturated heterocycles. The van der Waals surface area contributed by atoms with E-state index in [4.69, 9.17) is 14.2 Å². The highest BCUT2D eigenvalue weighted by Gasteiger charge is 2.32. The monoisotopic (exact) mass is 798 g/mol. The number of anilines is 3. The Balaban J connectivity index is 1.84. The molecule has 0 bridgehead atoms. The van der Waals surface area contributed by atoms with Gasteiger partial charge in [0.1, 0.15) is 54.7 Å². The first kappa shape index (κ1) is 46.5. The highest BCUT2D eigenvalue weighted by atomic mass is 16.6. The number of hydrogen-bond donors (Lipinski definition) is 0. The zero-order chi connectivity index (χ0) is 43.4. The molecule has 3 rings (SSSR count). The molecule has 0 amide bonds. The van der Waals surface area contributed by atoms with E-state index in [0.717, 1.165) is 56.3 Å². The van der Waals surface area contributed by atoms with E-state index in [1.807, 2.05) is 54.6 Å². The second-order valence-electron chi connectivity index (χ2n) is 13.8. The third-order valence-corrected chi connectivity index (χ3v) is 9.67. The van der Waals surface area contributed by atoms with Gasteiger partial charge in [-0.05, 0) is 120 Å². The van der Waals surface area contributed by atoms with Gasteiger partial charge < -0.3 is 28.9 Å². The van der Waals surface area contributed by atoms with Crippen molar-refractivity contribution in [2.75, 3.05) is 73.8 Å². The molecule has 12 nitrogen and oxygen atoms in total. The first-order valence-corrected chi connectivity index (χ1v) is 19.8. The van der Waals surface area contributed by atoms with Crippen LogP contribution < -0.4 is 14.7 Å².